The Morgan fingerprint density at radius 3 is 2.71 bits per heavy atom. The van der Waals surface area contributed by atoms with Gasteiger partial charge in [0.05, 0.1) is 5.60 Å². The first kappa shape index (κ1) is 12.3. The Morgan fingerprint density at radius 1 is 1.29 bits per heavy atom. The summed E-state index contributed by atoms with van der Waals surface area (Å²) in [6, 6.07) is 10.2. The monoisotopic (exact) mass is 250 g/mol. The molecule has 0 amide bonds. The van der Waals surface area contributed by atoms with E-state index >= 15 is 0 Å². The van der Waals surface area contributed by atoms with Crippen molar-refractivity contribution in [3.63, 3.8) is 0 Å². The quantitative estimate of drug-likeness (QED) is 0.876. The highest BCUT2D eigenvalue weighted by atomic mass is 32.1. The lowest BCUT2D eigenvalue weighted by Gasteiger charge is -2.27. The highest BCUT2D eigenvalue weighted by Crippen LogP contribution is 2.30. The largest absolute Gasteiger partial charge is 0.385 e. The number of halogens is 1. The molecule has 0 saturated carbocycles. The van der Waals surface area contributed by atoms with E-state index in [1.54, 1.807) is 23.5 Å². The number of benzene rings is 1. The van der Waals surface area contributed by atoms with Crippen molar-refractivity contribution in [2.24, 2.45) is 0 Å². The number of hydrogen-bond donors (Lipinski definition) is 1. The average Bonchev–Trinajstić information content (AvgIpc) is 2.81. The molecule has 3 heteroatoms. The van der Waals surface area contributed by atoms with Crippen molar-refractivity contribution in [1.82, 2.24) is 0 Å². The van der Waals surface area contributed by atoms with Crippen molar-refractivity contribution in [2.45, 2.75) is 25.4 Å². The molecule has 1 N–H and O–H groups in total. The molecule has 1 nitrogen and oxygen atoms in total. The summed E-state index contributed by atoms with van der Waals surface area (Å²) < 4.78 is 13.2. The number of thiophene rings is 1. The lowest BCUT2D eigenvalue weighted by Crippen LogP contribution is -2.27. The summed E-state index contributed by atoms with van der Waals surface area (Å²) in [4.78, 5) is 1.11. The first-order valence-corrected chi connectivity index (χ1v) is 6.53. The van der Waals surface area contributed by atoms with Crippen LogP contribution in [-0.4, -0.2) is 5.11 Å². The highest BCUT2D eigenvalue weighted by Gasteiger charge is 2.28. The Morgan fingerprint density at radius 2 is 2.12 bits per heavy atom. The number of rotatable bonds is 4. The van der Waals surface area contributed by atoms with Crippen molar-refractivity contribution in [2.75, 3.05) is 0 Å². The van der Waals surface area contributed by atoms with Crippen LogP contribution in [0.4, 0.5) is 4.39 Å². The average molecular weight is 250 g/mol. The van der Waals surface area contributed by atoms with Gasteiger partial charge in [0.15, 0.2) is 0 Å². The van der Waals surface area contributed by atoms with Crippen LogP contribution in [0.3, 0.4) is 0 Å². The van der Waals surface area contributed by atoms with Gasteiger partial charge in [0, 0.05) is 11.3 Å². The Bertz CT molecular complexity index is 481. The van der Waals surface area contributed by atoms with Crippen LogP contribution in [0.1, 0.15) is 23.8 Å². The Hall–Kier alpha value is -1.19. The molecule has 1 aromatic carbocycles. The van der Waals surface area contributed by atoms with Gasteiger partial charge in [0.2, 0.25) is 0 Å². The molecular formula is C14H15FOS. The van der Waals surface area contributed by atoms with Crippen LogP contribution in [0.2, 0.25) is 0 Å². The third-order valence-corrected chi connectivity index (χ3v) is 3.87. The molecule has 90 valence electrons. The molecule has 0 spiro atoms. The second-order valence-electron chi connectivity index (χ2n) is 4.15. The van der Waals surface area contributed by atoms with Gasteiger partial charge < -0.3 is 5.11 Å². The highest BCUT2D eigenvalue weighted by molar-refractivity contribution is 7.09. The van der Waals surface area contributed by atoms with E-state index in [2.05, 4.69) is 0 Å². The standard InChI is InChI=1S/C14H15FOS/c1-2-14(16,10-13-7-4-8-17-13)11-5-3-6-12(15)9-11/h3-9,16H,2,10H2,1H3. The molecule has 2 rings (SSSR count). The minimum Gasteiger partial charge on any atom is -0.385 e. The zero-order valence-electron chi connectivity index (χ0n) is 9.69. The maximum absolute atomic E-state index is 13.2. The maximum Gasteiger partial charge on any atom is 0.123 e. The molecular weight excluding hydrogens is 235 g/mol. The topological polar surface area (TPSA) is 20.2 Å². The van der Waals surface area contributed by atoms with Crippen LogP contribution in [0, 0.1) is 5.82 Å². The van der Waals surface area contributed by atoms with Gasteiger partial charge in [-0.05, 0) is 35.6 Å². The van der Waals surface area contributed by atoms with E-state index in [1.165, 1.54) is 12.1 Å². The van der Waals surface area contributed by atoms with E-state index in [-0.39, 0.29) is 5.82 Å². The van der Waals surface area contributed by atoms with Crippen molar-refractivity contribution in [1.29, 1.82) is 0 Å². The van der Waals surface area contributed by atoms with Crippen LogP contribution in [-0.2, 0) is 12.0 Å². The molecule has 0 aliphatic heterocycles. The molecule has 0 aliphatic carbocycles. The molecule has 0 bridgehead atoms. The van der Waals surface area contributed by atoms with Crippen molar-refractivity contribution in [3.05, 3.63) is 58.0 Å². The predicted molar refractivity (Wildman–Crippen MR) is 68.6 cm³/mol. The van der Waals surface area contributed by atoms with E-state index in [4.69, 9.17) is 0 Å². The van der Waals surface area contributed by atoms with Gasteiger partial charge in [0.1, 0.15) is 5.82 Å². The summed E-state index contributed by atoms with van der Waals surface area (Å²) in [6.45, 7) is 1.92. The molecule has 0 radical (unpaired) electrons. The summed E-state index contributed by atoms with van der Waals surface area (Å²) in [7, 11) is 0. The molecule has 0 saturated heterocycles. The first-order chi connectivity index (χ1) is 8.14. The fourth-order valence-corrected chi connectivity index (χ4v) is 2.72. The summed E-state index contributed by atoms with van der Waals surface area (Å²) in [5.74, 6) is -0.305. The van der Waals surface area contributed by atoms with E-state index in [1.807, 2.05) is 24.4 Å². The molecule has 2 aromatic rings. The van der Waals surface area contributed by atoms with Gasteiger partial charge in [0.25, 0.3) is 0 Å². The second kappa shape index (κ2) is 4.98. The number of hydrogen-bond acceptors (Lipinski definition) is 2. The smallest absolute Gasteiger partial charge is 0.123 e. The van der Waals surface area contributed by atoms with Crippen LogP contribution >= 0.6 is 11.3 Å². The zero-order valence-corrected chi connectivity index (χ0v) is 10.5. The Labute approximate surface area is 105 Å². The van der Waals surface area contributed by atoms with Crippen LogP contribution in [0.15, 0.2) is 41.8 Å². The van der Waals surface area contributed by atoms with Gasteiger partial charge in [-0.2, -0.15) is 0 Å². The van der Waals surface area contributed by atoms with Gasteiger partial charge in [-0.3, -0.25) is 0 Å². The fraction of sp³-hybridized carbons (Fsp3) is 0.286. The van der Waals surface area contributed by atoms with Gasteiger partial charge in [-0.15, -0.1) is 11.3 Å². The Kier molecular flexibility index (Phi) is 3.60. The normalized spacial score (nSPS) is 14.5. The third-order valence-electron chi connectivity index (χ3n) is 2.99. The van der Waals surface area contributed by atoms with Gasteiger partial charge >= 0.3 is 0 Å². The fourth-order valence-electron chi connectivity index (χ4n) is 1.91. The molecule has 0 aliphatic rings. The van der Waals surface area contributed by atoms with E-state index in [9.17, 15) is 9.50 Å². The number of aliphatic hydroxyl groups is 1. The van der Waals surface area contributed by atoms with E-state index in [0.717, 1.165) is 4.88 Å². The summed E-state index contributed by atoms with van der Waals surface area (Å²) in [5.41, 5.74) is -0.333. The lowest BCUT2D eigenvalue weighted by molar-refractivity contribution is 0.0332. The second-order valence-corrected chi connectivity index (χ2v) is 5.18. The van der Waals surface area contributed by atoms with Crippen molar-refractivity contribution < 1.29 is 9.50 Å². The van der Waals surface area contributed by atoms with Crippen LogP contribution in [0.25, 0.3) is 0 Å². The first-order valence-electron chi connectivity index (χ1n) is 5.65. The van der Waals surface area contributed by atoms with Crippen LogP contribution < -0.4 is 0 Å². The van der Waals surface area contributed by atoms with Crippen molar-refractivity contribution >= 4 is 11.3 Å². The maximum atomic E-state index is 13.2. The zero-order chi connectivity index (χ0) is 12.3. The van der Waals surface area contributed by atoms with Crippen molar-refractivity contribution in [3.8, 4) is 0 Å². The molecule has 1 atom stereocenters. The van der Waals surface area contributed by atoms with Gasteiger partial charge in [-0.1, -0.05) is 25.1 Å². The minimum absolute atomic E-state index is 0.305. The summed E-state index contributed by atoms with van der Waals surface area (Å²) in [6.07, 6.45) is 1.10. The van der Waals surface area contributed by atoms with Gasteiger partial charge in [-0.25, -0.2) is 4.39 Å². The molecule has 1 unspecified atom stereocenters. The SMILES string of the molecule is CCC(O)(Cc1cccs1)c1cccc(F)c1. The summed E-state index contributed by atoms with van der Waals surface area (Å²) in [5, 5.41) is 12.6. The van der Waals surface area contributed by atoms with E-state index in [0.29, 0.717) is 18.4 Å². The predicted octanol–water partition coefficient (Wildman–Crippen LogP) is 3.73. The third kappa shape index (κ3) is 2.73. The molecule has 1 aromatic heterocycles. The molecule has 17 heavy (non-hydrogen) atoms. The minimum atomic E-state index is -0.979. The van der Waals surface area contributed by atoms with E-state index < -0.39 is 5.60 Å². The molecule has 0 fully saturated rings. The lowest BCUT2D eigenvalue weighted by atomic mass is 9.87. The van der Waals surface area contributed by atoms with Crippen LogP contribution in [0.5, 0.6) is 0 Å². The summed E-state index contributed by atoms with van der Waals surface area (Å²) >= 11 is 1.61. The Balaban J connectivity index is 2.30. The molecule has 1 heterocycles.